The highest BCUT2D eigenvalue weighted by Crippen LogP contribution is 2.33. The largest absolute Gasteiger partial charge is 0.294 e. The van der Waals surface area contributed by atoms with E-state index in [-0.39, 0.29) is 0 Å². The van der Waals surface area contributed by atoms with Gasteiger partial charge >= 0.3 is 0 Å². The first kappa shape index (κ1) is 14.3. The van der Waals surface area contributed by atoms with Crippen LogP contribution in [0.3, 0.4) is 0 Å². The van der Waals surface area contributed by atoms with Crippen LogP contribution in [-0.4, -0.2) is 24.7 Å². The molecule has 0 N–H and O–H groups in total. The smallest absolute Gasteiger partial charge is 0.108 e. The lowest BCUT2D eigenvalue weighted by Gasteiger charge is -2.28. The van der Waals surface area contributed by atoms with E-state index in [0.717, 1.165) is 11.8 Å². The first-order valence-corrected chi connectivity index (χ1v) is 11.8. The van der Waals surface area contributed by atoms with E-state index < -0.39 is 7.22 Å². The number of unbranched alkanes of at least 4 members (excludes halogenated alkanes) is 1. The minimum atomic E-state index is -0.951. The standard InChI is InChI=1S/C13H27NSSi/c1-5-6-10-14-12-8-7-9-13(11-12)15-16(2,3)4/h13H,5-11H2,1-4H3. The van der Waals surface area contributed by atoms with Crippen LogP contribution in [0.1, 0.15) is 45.4 Å². The van der Waals surface area contributed by atoms with E-state index in [9.17, 15) is 0 Å². The maximum absolute atomic E-state index is 4.77. The molecule has 1 fully saturated rings. The van der Waals surface area contributed by atoms with Gasteiger partial charge in [-0.05, 0) is 32.1 Å². The second-order valence-corrected chi connectivity index (χ2v) is 15.3. The Kier molecular flexibility index (Phi) is 6.12. The molecule has 1 saturated carbocycles. The molecule has 1 aliphatic carbocycles. The number of nitrogens with zero attached hydrogens (tertiary/aromatic N) is 1. The van der Waals surface area contributed by atoms with Crippen LogP contribution >= 0.6 is 11.2 Å². The van der Waals surface area contributed by atoms with Crippen LogP contribution in [0.2, 0.25) is 19.6 Å². The lowest BCUT2D eigenvalue weighted by atomic mass is 9.98. The zero-order valence-corrected chi connectivity index (χ0v) is 13.2. The molecule has 0 aromatic rings. The SMILES string of the molecule is CCCCN=C1CCCC(S[Si](C)(C)C)C1. The molecule has 0 aromatic heterocycles. The van der Waals surface area contributed by atoms with Crippen molar-refractivity contribution in [1.29, 1.82) is 0 Å². The number of hydrogen-bond donors (Lipinski definition) is 0. The molecule has 0 aliphatic heterocycles. The van der Waals surface area contributed by atoms with Crippen LogP contribution in [0, 0.1) is 0 Å². The van der Waals surface area contributed by atoms with Crippen LogP contribution in [0.15, 0.2) is 4.99 Å². The normalized spacial score (nSPS) is 25.0. The summed E-state index contributed by atoms with van der Waals surface area (Å²) in [7, 11) is -0.951. The molecular weight excluding hydrogens is 230 g/mol. The fourth-order valence-corrected chi connectivity index (χ4v) is 7.30. The van der Waals surface area contributed by atoms with Gasteiger partial charge in [0.25, 0.3) is 0 Å². The topological polar surface area (TPSA) is 12.4 Å². The van der Waals surface area contributed by atoms with Gasteiger partial charge in [0, 0.05) is 17.5 Å². The van der Waals surface area contributed by atoms with Gasteiger partial charge in [-0.2, -0.15) is 11.2 Å². The van der Waals surface area contributed by atoms with Crippen molar-refractivity contribution in [3.05, 3.63) is 0 Å². The van der Waals surface area contributed by atoms with E-state index in [1.807, 2.05) is 0 Å². The van der Waals surface area contributed by atoms with E-state index in [1.54, 1.807) is 0 Å². The van der Waals surface area contributed by atoms with Crippen molar-refractivity contribution >= 4 is 24.1 Å². The number of hydrogen-bond acceptors (Lipinski definition) is 2. The number of rotatable bonds is 5. The number of aliphatic imine (C=N–C) groups is 1. The van der Waals surface area contributed by atoms with E-state index in [4.69, 9.17) is 4.99 Å². The molecule has 0 bridgehead atoms. The summed E-state index contributed by atoms with van der Waals surface area (Å²) in [6.07, 6.45) is 7.86. The van der Waals surface area contributed by atoms with Crippen molar-refractivity contribution in [2.75, 3.05) is 6.54 Å². The van der Waals surface area contributed by atoms with Gasteiger partial charge in [-0.3, -0.25) is 4.99 Å². The summed E-state index contributed by atoms with van der Waals surface area (Å²) in [6, 6.07) is 0. The second-order valence-electron chi connectivity index (χ2n) is 5.75. The molecule has 1 nitrogen and oxygen atoms in total. The summed E-state index contributed by atoms with van der Waals surface area (Å²) < 4.78 is 0. The molecule has 0 radical (unpaired) electrons. The maximum Gasteiger partial charge on any atom is 0.108 e. The monoisotopic (exact) mass is 257 g/mol. The fraction of sp³-hybridized carbons (Fsp3) is 0.923. The Morgan fingerprint density at radius 1 is 1.38 bits per heavy atom. The van der Waals surface area contributed by atoms with Crippen LogP contribution in [0.5, 0.6) is 0 Å². The average molecular weight is 258 g/mol. The molecule has 0 heterocycles. The van der Waals surface area contributed by atoms with Crippen molar-refractivity contribution in [2.24, 2.45) is 4.99 Å². The lowest BCUT2D eigenvalue weighted by molar-refractivity contribution is 0.676. The predicted molar refractivity (Wildman–Crippen MR) is 80.4 cm³/mol. The third-order valence-electron chi connectivity index (χ3n) is 2.82. The van der Waals surface area contributed by atoms with Gasteiger partial charge < -0.3 is 0 Å². The molecule has 94 valence electrons. The van der Waals surface area contributed by atoms with Crippen LogP contribution in [-0.2, 0) is 0 Å². The molecule has 0 spiro atoms. The van der Waals surface area contributed by atoms with Gasteiger partial charge in [-0.25, -0.2) is 0 Å². The van der Waals surface area contributed by atoms with Crippen LogP contribution in [0.25, 0.3) is 0 Å². The lowest BCUT2D eigenvalue weighted by Crippen LogP contribution is -2.25. The summed E-state index contributed by atoms with van der Waals surface area (Å²) in [5, 5.41) is 0.876. The van der Waals surface area contributed by atoms with E-state index in [2.05, 4.69) is 37.8 Å². The van der Waals surface area contributed by atoms with Gasteiger partial charge in [0.15, 0.2) is 0 Å². The Labute approximate surface area is 106 Å². The Morgan fingerprint density at radius 3 is 2.75 bits per heavy atom. The first-order valence-electron chi connectivity index (χ1n) is 6.71. The maximum atomic E-state index is 4.77. The van der Waals surface area contributed by atoms with Gasteiger partial charge in [-0.1, -0.05) is 33.0 Å². The predicted octanol–water partition coefficient (Wildman–Crippen LogP) is 4.74. The minimum Gasteiger partial charge on any atom is -0.294 e. The summed E-state index contributed by atoms with van der Waals surface area (Å²) in [5.41, 5.74) is 1.51. The van der Waals surface area contributed by atoms with Gasteiger partial charge in [-0.15, -0.1) is 0 Å². The quantitative estimate of drug-likeness (QED) is 0.512. The van der Waals surface area contributed by atoms with Gasteiger partial charge in [0.05, 0.1) is 0 Å². The Morgan fingerprint density at radius 2 is 2.12 bits per heavy atom. The van der Waals surface area contributed by atoms with E-state index in [0.29, 0.717) is 0 Å². The Hall–Kier alpha value is 0.237. The summed E-state index contributed by atoms with van der Waals surface area (Å²) >= 11 is 2.28. The van der Waals surface area contributed by atoms with Gasteiger partial charge in [0.1, 0.15) is 7.22 Å². The highest BCUT2D eigenvalue weighted by molar-refractivity contribution is 8.29. The Bertz CT molecular complexity index is 233. The molecule has 1 rings (SSSR count). The minimum absolute atomic E-state index is 0.876. The fourth-order valence-electron chi connectivity index (χ4n) is 2.14. The zero-order valence-electron chi connectivity index (χ0n) is 11.4. The highest BCUT2D eigenvalue weighted by Gasteiger charge is 2.24. The van der Waals surface area contributed by atoms with Crippen molar-refractivity contribution < 1.29 is 0 Å². The molecule has 1 atom stereocenters. The van der Waals surface area contributed by atoms with Gasteiger partial charge in [0.2, 0.25) is 0 Å². The molecule has 1 unspecified atom stereocenters. The zero-order chi connectivity index (χ0) is 12.0. The molecule has 16 heavy (non-hydrogen) atoms. The molecule has 0 amide bonds. The Balaban J connectivity index is 2.38. The first-order chi connectivity index (χ1) is 7.51. The molecule has 3 heteroatoms. The molecular formula is C13H27NSSi. The third-order valence-corrected chi connectivity index (χ3v) is 7.39. The summed E-state index contributed by atoms with van der Waals surface area (Å²) in [5.74, 6) is 0. The third kappa shape index (κ3) is 6.09. The van der Waals surface area contributed by atoms with Crippen molar-refractivity contribution in [3.63, 3.8) is 0 Å². The summed E-state index contributed by atoms with van der Waals surface area (Å²) in [4.78, 5) is 4.77. The summed E-state index contributed by atoms with van der Waals surface area (Å²) in [6.45, 7) is 10.7. The molecule has 0 saturated heterocycles. The molecule has 1 aliphatic rings. The van der Waals surface area contributed by atoms with E-state index >= 15 is 0 Å². The van der Waals surface area contributed by atoms with E-state index in [1.165, 1.54) is 44.2 Å². The second kappa shape index (κ2) is 6.85. The van der Waals surface area contributed by atoms with Crippen LogP contribution in [0.4, 0.5) is 0 Å². The molecule has 0 aromatic carbocycles. The highest BCUT2D eigenvalue weighted by atomic mass is 32.4. The van der Waals surface area contributed by atoms with Crippen molar-refractivity contribution in [2.45, 2.75) is 70.3 Å². The van der Waals surface area contributed by atoms with Crippen molar-refractivity contribution in [3.8, 4) is 0 Å². The van der Waals surface area contributed by atoms with Crippen LogP contribution < -0.4 is 0 Å². The average Bonchev–Trinajstić information content (AvgIpc) is 2.16. The van der Waals surface area contributed by atoms with Crippen molar-refractivity contribution in [1.82, 2.24) is 0 Å².